The lowest BCUT2D eigenvalue weighted by molar-refractivity contribution is -0.142. The second-order valence-electron chi connectivity index (χ2n) is 3.92. The molecule has 0 amide bonds. The van der Waals surface area contributed by atoms with E-state index in [9.17, 15) is 18.0 Å². The fourth-order valence-electron chi connectivity index (χ4n) is 1.70. The maximum atomic E-state index is 12.8. The molecule has 108 valence electrons. The van der Waals surface area contributed by atoms with E-state index in [2.05, 4.69) is 4.74 Å². The van der Waals surface area contributed by atoms with Crippen LogP contribution in [-0.2, 0) is 28.7 Å². The van der Waals surface area contributed by atoms with Gasteiger partial charge >= 0.3 is 12.1 Å². The van der Waals surface area contributed by atoms with E-state index in [1.807, 2.05) is 0 Å². The summed E-state index contributed by atoms with van der Waals surface area (Å²) in [5.41, 5.74) is -1.62. The van der Waals surface area contributed by atoms with Crippen LogP contribution < -0.4 is 0 Å². The van der Waals surface area contributed by atoms with E-state index in [1.165, 1.54) is 6.07 Å². The summed E-state index contributed by atoms with van der Waals surface area (Å²) in [7, 11) is 0. The molecule has 0 saturated heterocycles. The van der Waals surface area contributed by atoms with Crippen LogP contribution in [0.5, 0.6) is 0 Å². The lowest BCUT2D eigenvalue weighted by Gasteiger charge is -2.14. The highest BCUT2D eigenvalue weighted by molar-refractivity contribution is 5.73. The van der Waals surface area contributed by atoms with Crippen LogP contribution in [0, 0.1) is 11.3 Å². The molecule has 20 heavy (non-hydrogen) atoms. The van der Waals surface area contributed by atoms with E-state index in [4.69, 9.17) is 10.4 Å². The van der Waals surface area contributed by atoms with Crippen molar-refractivity contribution in [2.24, 2.45) is 0 Å². The quantitative estimate of drug-likeness (QED) is 0.862. The molecule has 0 heterocycles. The van der Waals surface area contributed by atoms with Gasteiger partial charge in [-0.2, -0.15) is 18.4 Å². The third kappa shape index (κ3) is 3.71. The van der Waals surface area contributed by atoms with Gasteiger partial charge < -0.3 is 9.84 Å². The normalized spacial score (nSPS) is 11.0. The van der Waals surface area contributed by atoms with E-state index in [1.54, 1.807) is 6.92 Å². The maximum absolute atomic E-state index is 12.8. The Balaban J connectivity index is 3.30. The van der Waals surface area contributed by atoms with Gasteiger partial charge in [-0.1, -0.05) is 0 Å². The van der Waals surface area contributed by atoms with Gasteiger partial charge in [-0.15, -0.1) is 0 Å². The van der Waals surface area contributed by atoms with Crippen molar-refractivity contribution in [1.82, 2.24) is 0 Å². The molecule has 4 nitrogen and oxygen atoms in total. The van der Waals surface area contributed by atoms with Crippen LogP contribution in [0.25, 0.3) is 0 Å². The Kier molecular flexibility index (Phi) is 5.11. The topological polar surface area (TPSA) is 70.3 Å². The van der Waals surface area contributed by atoms with Crippen molar-refractivity contribution in [1.29, 1.82) is 5.26 Å². The van der Waals surface area contributed by atoms with Crippen LogP contribution in [-0.4, -0.2) is 17.7 Å². The zero-order valence-corrected chi connectivity index (χ0v) is 10.6. The third-order valence-electron chi connectivity index (χ3n) is 2.58. The minimum atomic E-state index is -4.71. The van der Waals surface area contributed by atoms with Gasteiger partial charge in [0.05, 0.1) is 36.8 Å². The van der Waals surface area contributed by atoms with Crippen molar-refractivity contribution in [3.8, 4) is 6.07 Å². The first kappa shape index (κ1) is 16.0. The molecule has 0 atom stereocenters. The second-order valence-corrected chi connectivity index (χ2v) is 3.92. The number of benzene rings is 1. The number of carbonyl (C=O) groups excluding carboxylic acids is 1. The Morgan fingerprint density at radius 3 is 2.50 bits per heavy atom. The molecule has 0 radical (unpaired) electrons. The van der Waals surface area contributed by atoms with Gasteiger partial charge in [-0.25, -0.2) is 0 Å². The van der Waals surface area contributed by atoms with E-state index < -0.39 is 36.3 Å². The molecule has 0 unspecified atom stereocenters. The van der Waals surface area contributed by atoms with E-state index in [-0.39, 0.29) is 17.7 Å². The van der Waals surface area contributed by atoms with Crippen molar-refractivity contribution in [3.05, 3.63) is 34.4 Å². The summed E-state index contributed by atoms with van der Waals surface area (Å²) in [4.78, 5) is 11.3. The number of nitriles is 1. The number of hydrogen-bond acceptors (Lipinski definition) is 4. The van der Waals surface area contributed by atoms with Gasteiger partial charge in [-0.05, 0) is 30.2 Å². The number of hydrogen-bond donors (Lipinski definition) is 1. The van der Waals surface area contributed by atoms with Gasteiger partial charge in [0.1, 0.15) is 0 Å². The highest BCUT2D eigenvalue weighted by Crippen LogP contribution is 2.33. The first-order chi connectivity index (χ1) is 9.33. The molecule has 1 aromatic rings. The molecule has 0 spiro atoms. The molecule has 0 fully saturated rings. The predicted octanol–water partition coefficient (Wildman–Crippen LogP) is 2.17. The summed E-state index contributed by atoms with van der Waals surface area (Å²) in [6.07, 6.45) is -5.10. The van der Waals surface area contributed by atoms with Crippen molar-refractivity contribution < 1.29 is 27.8 Å². The van der Waals surface area contributed by atoms with Gasteiger partial charge in [0.15, 0.2) is 0 Å². The molecule has 7 heteroatoms. The number of carbonyl (C=O) groups is 1. The summed E-state index contributed by atoms with van der Waals surface area (Å²) in [5.74, 6) is -0.694. The Morgan fingerprint density at radius 2 is 2.05 bits per heavy atom. The summed E-state index contributed by atoms with van der Waals surface area (Å²) in [6.45, 7) is 1.11. The standard InChI is InChI=1S/C13H12F3NO3/c1-2-20-12(19)5-8-4-11(13(14,15)16)9(6-17)3-10(8)7-18/h3-4,18H,2,5,7H2,1H3. The van der Waals surface area contributed by atoms with Crippen molar-refractivity contribution >= 4 is 5.97 Å². The van der Waals surface area contributed by atoms with Crippen molar-refractivity contribution in [2.45, 2.75) is 26.1 Å². The van der Waals surface area contributed by atoms with Crippen molar-refractivity contribution in [2.75, 3.05) is 6.61 Å². The van der Waals surface area contributed by atoms with E-state index in [0.717, 1.165) is 6.07 Å². The molecule has 0 aromatic heterocycles. The summed E-state index contributed by atoms with van der Waals surface area (Å²) in [5, 5.41) is 17.9. The highest BCUT2D eigenvalue weighted by Gasteiger charge is 2.34. The van der Waals surface area contributed by atoms with Crippen molar-refractivity contribution in [3.63, 3.8) is 0 Å². The number of halogens is 3. The molecule has 1 N–H and O–H groups in total. The Morgan fingerprint density at radius 1 is 1.40 bits per heavy atom. The number of esters is 1. The average molecular weight is 287 g/mol. The Bertz CT molecular complexity index is 547. The van der Waals surface area contributed by atoms with E-state index in [0.29, 0.717) is 6.07 Å². The number of aliphatic hydroxyl groups excluding tert-OH is 1. The van der Waals surface area contributed by atoms with Crippen LogP contribution in [0.3, 0.4) is 0 Å². The van der Waals surface area contributed by atoms with Gasteiger partial charge in [0.25, 0.3) is 0 Å². The van der Waals surface area contributed by atoms with Gasteiger partial charge in [-0.3, -0.25) is 4.79 Å². The number of alkyl halides is 3. The van der Waals surface area contributed by atoms with Crippen LogP contribution in [0.2, 0.25) is 0 Å². The fourth-order valence-corrected chi connectivity index (χ4v) is 1.70. The van der Waals surface area contributed by atoms with Crippen LogP contribution in [0.1, 0.15) is 29.2 Å². The van der Waals surface area contributed by atoms with Crippen LogP contribution >= 0.6 is 0 Å². The molecular weight excluding hydrogens is 275 g/mol. The zero-order valence-electron chi connectivity index (χ0n) is 10.6. The molecular formula is C13H12F3NO3. The number of rotatable bonds is 4. The fraction of sp³-hybridized carbons (Fsp3) is 0.385. The maximum Gasteiger partial charge on any atom is 0.417 e. The van der Waals surface area contributed by atoms with Crippen LogP contribution in [0.4, 0.5) is 13.2 Å². The zero-order chi connectivity index (χ0) is 15.3. The molecule has 1 rings (SSSR count). The number of ether oxygens (including phenoxy) is 1. The lowest BCUT2D eigenvalue weighted by atomic mass is 9.97. The number of nitrogens with zero attached hydrogens (tertiary/aromatic N) is 1. The second kappa shape index (κ2) is 6.39. The van der Waals surface area contributed by atoms with E-state index >= 15 is 0 Å². The third-order valence-corrected chi connectivity index (χ3v) is 2.58. The average Bonchev–Trinajstić information content (AvgIpc) is 2.37. The van der Waals surface area contributed by atoms with Gasteiger partial charge in [0.2, 0.25) is 0 Å². The predicted molar refractivity (Wildman–Crippen MR) is 62.4 cm³/mol. The summed E-state index contributed by atoms with van der Waals surface area (Å²) >= 11 is 0. The first-order valence-electron chi connectivity index (χ1n) is 5.73. The minimum Gasteiger partial charge on any atom is -0.466 e. The number of aliphatic hydroxyl groups is 1. The lowest BCUT2D eigenvalue weighted by Crippen LogP contribution is -2.14. The summed E-state index contributed by atoms with van der Waals surface area (Å²) in [6, 6.07) is 3.09. The Hall–Kier alpha value is -2.07. The highest BCUT2D eigenvalue weighted by atomic mass is 19.4. The monoisotopic (exact) mass is 287 g/mol. The molecule has 0 saturated carbocycles. The SMILES string of the molecule is CCOC(=O)Cc1cc(C(F)(F)F)c(C#N)cc1CO. The smallest absolute Gasteiger partial charge is 0.417 e. The molecule has 0 aliphatic rings. The largest absolute Gasteiger partial charge is 0.466 e. The minimum absolute atomic E-state index is 0.00252. The Labute approximate surface area is 113 Å². The molecule has 0 bridgehead atoms. The molecule has 0 aliphatic carbocycles. The molecule has 0 aliphatic heterocycles. The first-order valence-corrected chi connectivity index (χ1v) is 5.73. The van der Waals surface area contributed by atoms with Gasteiger partial charge in [0, 0.05) is 0 Å². The summed E-state index contributed by atoms with van der Waals surface area (Å²) < 4.78 is 43.1. The van der Waals surface area contributed by atoms with Crippen LogP contribution in [0.15, 0.2) is 12.1 Å². The molecule has 1 aromatic carbocycles.